The van der Waals surface area contributed by atoms with Gasteiger partial charge in [0.1, 0.15) is 0 Å². The van der Waals surface area contributed by atoms with Crippen LogP contribution in [0.1, 0.15) is 40.3 Å². The average Bonchev–Trinajstić information content (AvgIpc) is 2.14. The standard InChI is InChI=1S/C13H20N2O/c1-7-5-8(2)10(4)13(9(7)3)11(14)6-12(15)16/h5,11H,6,14H2,1-4H3,(H2,15,16). The highest BCUT2D eigenvalue weighted by atomic mass is 16.1. The van der Waals surface area contributed by atoms with Crippen LogP contribution in [0.5, 0.6) is 0 Å². The number of carbonyl (C=O) groups is 1. The smallest absolute Gasteiger partial charge is 0.219 e. The molecule has 16 heavy (non-hydrogen) atoms. The van der Waals surface area contributed by atoms with Crippen LogP contribution in [0.4, 0.5) is 0 Å². The number of carbonyl (C=O) groups excluding carboxylic acids is 1. The molecular weight excluding hydrogens is 200 g/mol. The van der Waals surface area contributed by atoms with E-state index >= 15 is 0 Å². The number of hydrogen-bond donors (Lipinski definition) is 2. The molecule has 4 N–H and O–H groups in total. The predicted molar refractivity (Wildman–Crippen MR) is 66.1 cm³/mol. The fraction of sp³-hybridized carbons (Fsp3) is 0.462. The molecule has 0 saturated heterocycles. The zero-order valence-electron chi connectivity index (χ0n) is 10.4. The lowest BCUT2D eigenvalue weighted by Crippen LogP contribution is -2.22. The first-order valence-electron chi connectivity index (χ1n) is 5.45. The molecular formula is C13H20N2O. The van der Waals surface area contributed by atoms with E-state index < -0.39 is 0 Å². The van der Waals surface area contributed by atoms with Crippen molar-refractivity contribution in [2.45, 2.75) is 40.2 Å². The lowest BCUT2D eigenvalue weighted by Gasteiger charge is -2.20. The lowest BCUT2D eigenvalue weighted by molar-refractivity contribution is -0.118. The topological polar surface area (TPSA) is 69.1 Å². The summed E-state index contributed by atoms with van der Waals surface area (Å²) in [6.45, 7) is 8.19. The molecule has 0 bridgehead atoms. The molecule has 0 aliphatic carbocycles. The first-order chi connectivity index (χ1) is 7.34. The molecule has 1 amide bonds. The van der Waals surface area contributed by atoms with Crippen molar-refractivity contribution in [2.75, 3.05) is 0 Å². The van der Waals surface area contributed by atoms with Crippen molar-refractivity contribution in [3.8, 4) is 0 Å². The molecule has 88 valence electrons. The van der Waals surface area contributed by atoms with Crippen LogP contribution in [-0.2, 0) is 4.79 Å². The van der Waals surface area contributed by atoms with Crippen LogP contribution in [0.15, 0.2) is 6.07 Å². The van der Waals surface area contributed by atoms with Crippen molar-refractivity contribution in [3.63, 3.8) is 0 Å². The fourth-order valence-electron chi connectivity index (χ4n) is 2.12. The van der Waals surface area contributed by atoms with Crippen molar-refractivity contribution < 1.29 is 4.79 Å². The van der Waals surface area contributed by atoms with Gasteiger partial charge in [0.25, 0.3) is 0 Å². The Hall–Kier alpha value is -1.35. The Morgan fingerprint density at radius 2 is 1.62 bits per heavy atom. The summed E-state index contributed by atoms with van der Waals surface area (Å²) in [7, 11) is 0. The number of hydrogen-bond acceptors (Lipinski definition) is 2. The van der Waals surface area contributed by atoms with Gasteiger partial charge >= 0.3 is 0 Å². The minimum Gasteiger partial charge on any atom is -0.370 e. The van der Waals surface area contributed by atoms with E-state index in [-0.39, 0.29) is 18.4 Å². The summed E-state index contributed by atoms with van der Waals surface area (Å²) in [5.74, 6) is -0.356. The van der Waals surface area contributed by atoms with Crippen LogP contribution in [0.25, 0.3) is 0 Å². The first-order valence-corrected chi connectivity index (χ1v) is 5.45. The van der Waals surface area contributed by atoms with Crippen LogP contribution in [0.3, 0.4) is 0 Å². The van der Waals surface area contributed by atoms with Crippen LogP contribution < -0.4 is 11.5 Å². The van der Waals surface area contributed by atoms with E-state index in [4.69, 9.17) is 11.5 Å². The van der Waals surface area contributed by atoms with Crippen LogP contribution in [0.2, 0.25) is 0 Å². The maximum Gasteiger partial charge on any atom is 0.219 e. The van der Waals surface area contributed by atoms with Crippen molar-refractivity contribution in [1.82, 2.24) is 0 Å². The molecule has 1 aromatic rings. The Labute approximate surface area is 96.8 Å². The zero-order chi connectivity index (χ0) is 12.5. The van der Waals surface area contributed by atoms with E-state index in [1.165, 1.54) is 11.1 Å². The summed E-state index contributed by atoms with van der Waals surface area (Å²) >= 11 is 0. The average molecular weight is 220 g/mol. The van der Waals surface area contributed by atoms with E-state index in [1.54, 1.807) is 0 Å². The monoisotopic (exact) mass is 220 g/mol. The van der Waals surface area contributed by atoms with Gasteiger partial charge in [0.05, 0.1) is 0 Å². The molecule has 0 fully saturated rings. The van der Waals surface area contributed by atoms with E-state index in [1.807, 2.05) is 13.8 Å². The van der Waals surface area contributed by atoms with Gasteiger partial charge in [-0.15, -0.1) is 0 Å². The third-order valence-corrected chi connectivity index (χ3v) is 3.22. The highest BCUT2D eigenvalue weighted by Gasteiger charge is 2.16. The molecule has 1 aromatic carbocycles. The second kappa shape index (κ2) is 4.66. The molecule has 1 atom stereocenters. The Morgan fingerprint density at radius 3 is 2.00 bits per heavy atom. The molecule has 0 saturated carbocycles. The number of rotatable bonds is 3. The fourth-order valence-corrected chi connectivity index (χ4v) is 2.12. The molecule has 0 aliphatic heterocycles. The summed E-state index contributed by atoms with van der Waals surface area (Å²) < 4.78 is 0. The maximum absolute atomic E-state index is 10.9. The van der Waals surface area contributed by atoms with Gasteiger partial charge < -0.3 is 11.5 Å². The number of primary amides is 1. The summed E-state index contributed by atoms with van der Waals surface area (Å²) in [6, 6.07) is 1.85. The maximum atomic E-state index is 10.9. The normalized spacial score (nSPS) is 12.6. The SMILES string of the molecule is Cc1cc(C)c(C)c(C(N)CC(N)=O)c1C. The molecule has 0 aliphatic rings. The number of nitrogens with two attached hydrogens (primary N) is 2. The van der Waals surface area contributed by atoms with E-state index in [0.29, 0.717) is 0 Å². The predicted octanol–water partition coefficient (Wildman–Crippen LogP) is 1.80. The zero-order valence-corrected chi connectivity index (χ0v) is 10.4. The van der Waals surface area contributed by atoms with Crippen molar-refractivity contribution in [1.29, 1.82) is 0 Å². The van der Waals surface area contributed by atoms with Crippen molar-refractivity contribution in [2.24, 2.45) is 11.5 Å². The van der Waals surface area contributed by atoms with Gasteiger partial charge in [-0.2, -0.15) is 0 Å². The van der Waals surface area contributed by atoms with Gasteiger partial charge in [-0.05, 0) is 55.5 Å². The first kappa shape index (κ1) is 12.7. The van der Waals surface area contributed by atoms with Gasteiger partial charge in [-0.25, -0.2) is 0 Å². The van der Waals surface area contributed by atoms with E-state index in [0.717, 1.165) is 16.7 Å². The third-order valence-electron chi connectivity index (χ3n) is 3.22. The van der Waals surface area contributed by atoms with E-state index in [9.17, 15) is 4.79 Å². The second-order valence-corrected chi connectivity index (χ2v) is 4.45. The number of benzene rings is 1. The third kappa shape index (κ3) is 2.42. The second-order valence-electron chi connectivity index (χ2n) is 4.45. The Morgan fingerprint density at radius 1 is 1.19 bits per heavy atom. The number of aryl methyl sites for hydroxylation is 2. The minimum absolute atomic E-state index is 0.199. The summed E-state index contributed by atoms with van der Waals surface area (Å²) in [6.07, 6.45) is 0.199. The minimum atomic E-state index is -0.356. The molecule has 0 heterocycles. The van der Waals surface area contributed by atoms with Gasteiger partial charge in [0, 0.05) is 12.5 Å². The molecule has 3 heteroatoms. The van der Waals surface area contributed by atoms with Gasteiger partial charge in [-0.1, -0.05) is 6.07 Å². The van der Waals surface area contributed by atoms with Crippen molar-refractivity contribution >= 4 is 5.91 Å². The molecule has 0 radical (unpaired) electrons. The lowest BCUT2D eigenvalue weighted by atomic mass is 9.89. The quantitative estimate of drug-likeness (QED) is 0.815. The Kier molecular flexibility index (Phi) is 3.70. The molecule has 3 nitrogen and oxygen atoms in total. The highest BCUT2D eigenvalue weighted by Crippen LogP contribution is 2.27. The summed E-state index contributed by atoms with van der Waals surface area (Å²) in [4.78, 5) is 10.9. The number of amides is 1. The van der Waals surface area contributed by atoms with Crippen LogP contribution in [-0.4, -0.2) is 5.91 Å². The van der Waals surface area contributed by atoms with E-state index in [2.05, 4.69) is 19.9 Å². The summed E-state index contributed by atoms with van der Waals surface area (Å²) in [5, 5.41) is 0. The van der Waals surface area contributed by atoms with Gasteiger partial charge in [0.15, 0.2) is 0 Å². The Balaban J connectivity index is 3.26. The highest BCUT2D eigenvalue weighted by molar-refractivity contribution is 5.75. The summed E-state index contributed by atoms with van der Waals surface area (Å²) in [5.41, 5.74) is 17.0. The van der Waals surface area contributed by atoms with Gasteiger partial charge in [0.2, 0.25) is 5.91 Å². The van der Waals surface area contributed by atoms with Crippen LogP contribution in [0, 0.1) is 27.7 Å². The van der Waals surface area contributed by atoms with Crippen molar-refractivity contribution in [3.05, 3.63) is 33.9 Å². The van der Waals surface area contributed by atoms with Crippen LogP contribution >= 0.6 is 0 Å². The molecule has 1 unspecified atom stereocenters. The molecule has 0 aromatic heterocycles. The Bertz CT molecular complexity index is 398. The molecule has 0 spiro atoms. The largest absolute Gasteiger partial charge is 0.370 e. The molecule has 1 rings (SSSR count). The van der Waals surface area contributed by atoms with Gasteiger partial charge in [-0.3, -0.25) is 4.79 Å².